The van der Waals surface area contributed by atoms with E-state index in [1.807, 2.05) is 6.07 Å². The van der Waals surface area contributed by atoms with Gasteiger partial charge in [0.25, 0.3) is 0 Å². The van der Waals surface area contributed by atoms with Gasteiger partial charge in [-0.1, -0.05) is 56.3 Å². The first-order valence-electron chi connectivity index (χ1n) is 7.37. The summed E-state index contributed by atoms with van der Waals surface area (Å²) in [7, 11) is 0. The number of likely N-dealkylation sites (N-methyl/N-ethyl adjacent to an activating group) is 1. The SMILES string of the molecule is CCNC(Cc1cccc(F)c1Cl)CC1CCCC1. The van der Waals surface area contributed by atoms with Crippen molar-refractivity contribution in [1.29, 1.82) is 0 Å². The molecule has 0 radical (unpaired) electrons. The number of rotatable bonds is 6. The van der Waals surface area contributed by atoms with Crippen molar-refractivity contribution >= 4 is 11.6 Å². The van der Waals surface area contributed by atoms with Gasteiger partial charge in [-0.2, -0.15) is 0 Å². The molecule has 0 heterocycles. The maximum Gasteiger partial charge on any atom is 0.142 e. The summed E-state index contributed by atoms with van der Waals surface area (Å²) in [4.78, 5) is 0. The van der Waals surface area contributed by atoms with Crippen molar-refractivity contribution in [3.63, 3.8) is 0 Å². The van der Waals surface area contributed by atoms with Gasteiger partial charge < -0.3 is 5.32 Å². The Morgan fingerprint density at radius 2 is 2.11 bits per heavy atom. The Morgan fingerprint density at radius 1 is 1.37 bits per heavy atom. The van der Waals surface area contributed by atoms with Gasteiger partial charge in [-0.25, -0.2) is 4.39 Å². The topological polar surface area (TPSA) is 12.0 Å². The molecule has 1 N–H and O–H groups in total. The zero-order valence-electron chi connectivity index (χ0n) is 11.6. The lowest BCUT2D eigenvalue weighted by atomic mass is 9.94. The van der Waals surface area contributed by atoms with Crippen molar-refractivity contribution in [2.45, 2.75) is 51.5 Å². The van der Waals surface area contributed by atoms with Crippen LogP contribution in [0, 0.1) is 11.7 Å². The fraction of sp³-hybridized carbons (Fsp3) is 0.625. The van der Waals surface area contributed by atoms with Gasteiger partial charge in [-0.3, -0.25) is 0 Å². The summed E-state index contributed by atoms with van der Waals surface area (Å²) in [5, 5.41) is 3.81. The summed E-state index contributed by atoms with van der Waals surface area (Å²) in [6, 6.07) is 5.51. The summed E-state index contributed by atoms with van der Waals surface area (Å²) in [5.74, 6) is 0.520. The lowest BCUT2D eigenvalue weighted by Crippen LogP contribution is -2.32. The van der Waals surface area contributed by atoms with Crippen LogP contribution >= 0.6 is 11.6 Å². The molecular weight excluding hydrogens is 261 g/mol. The second-order valence-electron chi connectivity index (χ2n) is 5.56. The molecule has 0 amide bonds. The zero-order valence-corrected chi connectivity index (χ0v) is 12.3. The van der Waals surface area contributed by atoms with Gasteiger partial charge in [-0.05, 0) is 36.9 Å². The standard InChI is InChI=1S/C16H23ClFN/c1-2-19-14(10-12-6-3-4-7-12)11-13-8-5-9-15(18)16(13)17/h5,8-9,12,14,19H,2-4,6-7,10-11H2,1H3. The summed E-state index contributed by atoms with van der Waals surface area (Å²) in [6.07, 6.45) is 7.42. The molecule has 2 rings (SSSR count). The van der Waals surface area contributed by atoms with Crippen LogP contribution in [0.15, 0.2) is 18.2 Å². The number of halogens is 2. The molecule has 0 spiro atoms. The normalized spacial score (nSPS) is 17.8. The van der Waals surface area contributed by atoms with E-state index in [0.29, 0.717) is 6.04 Å². The molecule has 0 bridgehead atoms. The van der Waals surface area contributed by atoms with Gasteiger partial charge in [0.1, 0.15) is 5.82 Å². The molecule has 1 aromatic carbocycles. The molecule has 1 aliphatic carbocycles. The third-order valence-corrected chi connectivity index (χ3v) is 4.51. The van der Waals surface area contributed by atoms with Crippen molar-refractivity contribution in [1.82, 2.24) is 5.32 Å². The third-order valence-electron chi connectivity index (χ3n) is 4.08. The van der Waals surface area contributed by atoms with E-state index in [1.54, 1.807) is 6.07 Å². The monoisotopic (exact) mass is 283 g/mol. The van der Waals surface area contributed by atoms with Crippen LogP contribution in [0.2, 0.25) is 5.02 Å². The van der Waals surface area contributed by atoms with Gasteiger partial charge in [-0.15, -0.1) is 0 Å². The Labute approximate surface area is 120 Å². The van der Waals surface area contributed by atoms with Crippen LogP contribution in [0.25, 0.3) is 0 Å². The van der Waals surface area contributed by atoms with E-state index in [2.05, 4.69) is 12.2 Å². The molecular formula is C16H23ClFN. The van der Waals surface area contributed by atoms with Crippen LogP contribution in [0.1, 0.15) is 44.6 Å². The van der Waals surface area contributed by atoms with Crippen LogP contribution in [0.5, 0.6) is 0 Å². The first-order chi connectivity index (χ1) is 9.20. The Morgan fingerprint density at radius 3 is 2.79 bits per heavy atom. The van der Waals surface area contributed by atoms with Gasteiger partial charge in [0.05, 0.1) is 5.02 Å². The highest BCUT2D eigenvalue weighted by Gasteiger charge is 2.21. The molecule has 19 heavy (non-hydrogen) atoms. The van der Waals surface area contributed by atoms with Gasteiger partial charge in [0.2, 0.25) is 0 Å². The average Bonchev–Trinajstić information content (AvgIpc) is 2.88. The second-order valence-corrected chi connectivity index (χ2v) is 5.94. The van der Waals surface area contributed by atoms with E-state index in [1.165, 1.54) is 38.2 Å². The highest BCUT2D eigenvalue weighted by atomic mass is 35.5. The average molecular weight is 284 g/mol. The molecule has 0 aromatic heterocycles. The predicted molar refractivity (Wildman–Crippen MR) is 79.2 cm³/mol. The zero-order chi connectivity index (χ0) is 13.7. The molecule has 1 fully saturated rings. The molecule has 1 saturated carbocycles. The minimum Gasteiger partial charge on any atom is -0.314 e. The Balaban J connectivity index is 2.00. The highest BCUT2D eigenvalue weighted by molar-refractivity contribution is 6.31. The molecule has 3 heteroatoms. The maximum absolute atomic E-state index is 13.5. The Bertz CT molecular complexity index is 402. The lowest BCUT2D eigenvalue weighted by Gasteiger charge is -2.22. The van der Waals surface area contributed by atoms with Crippen molar-refractivity contribution in [2.75, 3.05) is 6.54 Å². The fourth-order valence-corrected chi connectivity index (χ4v) is 3.35. The second kappa shape index (κ2) is 7.25. The molecule has 1 nitrogen and oxygen atoms in total. The van der Waals surface area contributed by atoms with E-state index in [9.17, 15) is 4.39 Å². The Kier molecular flexibility index (Phi) is 5.65. The van der Waals surface area contributed by atoms with Gasteiger partial charge >= 0.3 is 0 Å². The van der Waals surface area contributed by atoms with Crippen LogP contribution < -0.4 is 5.32 Å². The van der Waals surface area contributed by atoms with E-state index >= 15 is 0 Å². The van der Waals surface area contributed by atoms with Crippen molar-refractivity contribution in [3.8, 4) is 0 Å². The quantitative estimate of drug-likeness (QED) is 0.806. The predicted octanol–water partition coefficient (Wildman–Crippen LogP) is 4.58. The minimum absolute atomic E-state index is 0.289. The van der Waals surface area contributed by atoms with Crippen LogP contribution in [-0.2, 0) is 6.42 Å². The third kappa shape index (κ3) is 4.19. The molecule has 1 atom stereocenters. The smallest absolute Gasteiger partial charge is 0.142 e. The van der Waals surface area contributed by atoms with Gasteiger partial charge in [0, 0.05) is 6.04 Å². The van der Waals surface area contributed by atoms with Crippen molar-refractivity contribution < 1.29 is 4.39 Å². The lowest BCUT2D eigenvalue weighted by molar-refractivity contribution is 0.390. The summed E-state index contributed by atoms with van der Waals surface area (Å²) in [6.45, 7) is 3.07. The van der Waals surface area contributed by atoms with E-state index < -0.39 is 0 Å². The first kappa shape index (κ1) is 14.8. The molecule has 1 aromatic rings. The van der Waals surface area contributed by atoms with Gasteiger partial charge in [0.15, 0.2) is 0 Å². The van der Waals surface area contributed by atoms with Crippen LogP contribution in [-0.4, -0.2) is 12.6 Å². The van der Waals surface area contributed by atoms with Crippen LogP contribution in [0.3, 0.4) is 0 Å². The highest BCUT2D eigenvalue weighted by Crippen LogP contribution is 2.30. The summed E-state index contributed by atoms with van der Waals surface area (Å²) < 4.78 is 13.5. The Hall–Kier alpha value is -0.600. The van der Waals surface area contributed by atoms with E-state index in [4.69, 9.17) is 11.6 Å². The molecule has 106 valence electrons. The number of hydrogen-bond acceptors (Lipinski definition) is 1. The van der Waals surface area contributed by atoms with E-state index in [0.717, 1.165) is 24.4 Å². The molecule has 0 saturated heterocycles. The van der Waals surface area contributed by atoms with Crippen molar-refractivity contribution in [2.24, 2.45) is 5.92 Å². The van der Waals surface area contributed by atoms with Crippen molar-refractivity contribution in [3.05, 3.63) is 34.6 Å². The molecule has 0 aliphatic heterocycles. The fourth-order valence-electron chi connectivity index (χ4n) is 3.15. The summed E-state index contributed by atoms with van der Waals surface area (Å²) >= 11 is 6.05. The molecule has 1 unspecified atom stereocenters. The van der Waals surface area contributed by atoms with E-state index in [-0.39, 0.29) is 10.8 Å². The first-order valence-corrected chi connectivity index (χ1v) is 7.74. The summed E-state index contributed by atoms with van der Waals surface area (Å²) in [5.41, 5.74) is 0.922. The minimum atomic E-state index is -0.310. The number of hydrogen-bond donors (Lipinski definition) is 1. The maximum atomic E-state index is 13.5. The van der Waals surface area contributed by atoms with Crippen LogP contribution in [0.4, 0.5) is 4.39 Å². The number of benzene rings is 1. The molecule has 1 aliphatic rings. The largest absolute Gasteiger partial charge is 0.314 e. The number of nitrogens with one attached hydrogen (secondary N) is 1.